The second-order valence-corrected chi connectivity index (χ2v) is 8.58. The van der Waals surface area contributed by atoms with E-state index >= 15 is 0 Å². The van der Waals surface area contributed by atoms with E-state index in [0.29, 0.717) is 11.5 Å². The van der Waals surface area contributed by atoms with Gasteiger partial charge in [0.2, 0.25) is 10.0 Å². The second kappa shape index (κ2) is 6.61. The van der Waals surface area contributed by atoms with E-state index in [9.17, 15) is 13.2 Å². The third-order valence-corrected chi connectivity index (χ3v) is 6.10. The van der Waals surface area contributed by atoms with Crippen molar-refractivity contribution in [1.29, 1.82) is 0 Å². The minimum atomic E-state index is -3.52. The predicted octanol–water partition coefficient (Wildman–Crippen LogP) is 2.44. The van der Waals surface area contributed by atoms with Crippen LogP contribution >= 0.6 is 0 Å². The highest BCUT2D eigenvalue weighted by molar-refractivity contribution is 7.89. The van der Waals surface area contributed by atoms with Crippen LogP contribution in [0.5, 0.6) is 0 Å². The van der Waals surface area contributed by atoms with Crippen LogP contribution in [0.25, 0.3) is 0 Å². The van der Waals surface area contributed by atoms with Crippen LogP contribution in [0.15, 0.2) is 29.2 Å². The van der Waals surface area contributed by atoms with Crippen molar-refractivity contribution in [3.63, 3.8) is 0 Å². The molecule has 0 bridgehead atoms. The molecule has 0 heterocycles. The van der Waals surface area contributed by atoms with Crippen molar-refractivity contribution in [2.75, 3.05) is 0 Å². The lowest BCUT2D eigenvalue weighted by Crippen LogP contribution is -2.38. The molecule has 2 aliphatic rings. The number of carbonyl (C=O) groups excluding carboxylic acids is 1. The maximum Gasteiger partial charge on any atom is 0.251 e. The SMILES string of the molecule is CC1CCCC(NC(=O)c2cccc(S(=O)(=O)NC3CC3)c2)C1. The molecule has 126 valence electrons. The van der Waals surface area contributed by atoms with Crippen LogP contribution in [-0.2, 0) is 10.0 Å². The van der Waals surface area contributed by atoms with E-state index in [1.807, 2.05) is 0 Å². The van der Waals surface area contributed by atoms with Crippen LogP contribution in [-0.4, -0.2) is 26.4 Å². The summed E-state index contributed by atoms with van der Waals surface area (Å²) in [6.07, 6.45) is 6.11. The summed E-state index contributed by atoms with van der Waals surface area (Å²) in [5.41, 5.74) is 0.405. The molecule has 1 amide bonds. The van der Waals surface area contributed by atoms with E-state index in [0.717, 1.165) is 32.1 Å². The summed E-state index contributed by atoms with van der Waals surface area (Å²) in [5, 5.41) is 3.04. The lowest BCUT2D eigenvalue weighted by molar-refractivity contribution is 0.0921. The van der Waals surface area contributed by atoms with Gasteiger partial charge in [0.1, 0.15) is 0 Å². The van der Waals surface area contributed by atoms with Crippen LogP contribution in [0.4, 0.5) is 0 Å². The summed E-state index contributed by atoms with van der Waals surface area (Å²) in [6.45, 7) is 2.20. The molecule has 1 aromatic carbocycles. The summed E-state index contributed by atoms with van der Waals surface area (Å²) in [7, 11) is -3.52. The number of rotatable bonds is 5. The molecule has 0 saturated heterocycles. The maximum atomic E-state index is 12.4. The standard InChI is InChI=1S/C17H24N2O3S/c1-12-4-2-6-15(10-12)18-17(20)13-5-3-7-16(11-13)23(21,22)19-14-8-9-14/h3,5,7,11-12,14-15,19H,2,4,6,8-10H2,1H3,(H,18,20). The topological polar surface area (TPSA) is 75.3 Å². The monoisotopic (exact) mass is 336 g/mol. The van der Waals surface area contributed by atoms with Crippen LogP contribution < -0.4 is 10.0 Å². The van der Waals surface area contributed by atoms with E-state index in [1.54, 1.807) is 12.1 Å². The van der Waals surface area contributed by atoms with Gasteiger partial charge in [0.25, 0.3) is 5.91 Å². The Kier molecular flexibility index (Phi) is 4.73. The van der Waals surface area contributed by atoms with Gasteiger partial charge in [-0.15, -0.1) is 0 Å². The Morgan fingerprint density at radius 1 is 1.13 bits per heavy atom. The highest BCUT2D eigenvalue weighted by Gasteiger charge is 2.28. The van der Waals surface area contributed by atoms with Crippen molar-refractivity contribution >= 4 is 15.9 Å². The molecule has 23 heavy (non-hydrogen) atoms. The number of carbonyl (C=O) groups is 1. The molecule has 0 radical (unpaired) electrons. The number of benzene rings is 1. The minimum absolute atomic E-state index is 0.0567. The summed E-state index contributed by atoms with van der Waals surface area (Å²) in [4.78, 5) is 12.6. The first kappa shape index (κ1) is 16.5. The summed E-state index contributed by atoms with van der Waals surface area (Å²) >= 11 is 0. The van der Waals surface area contributed by atoms with Gasteiger partial charge in [-0.05, 0) is 49.8 Å². The van der Waals surface area contributed by atoms with Crippen LogP contribution in [0.3, 0.4) is 0 Å². The molecule has 0 aromatic heterocycles. The zero-order valence-corrected chi connectivity index (χ0v) is 14.2. The lowest BCUT2D eigenvalue weighted by Gasteiger charge is -2.27. The summed E-state index contributed by atoms with van der Waals surface area (Å²) in [6, 6.07) is 6.53. The number of hydrogen-bond donors (Lipinski definition) is 2. The molecular formula is C17H24N2O3S. The molecular weight excluding hydrogens is 312 g/mol. The zero-order valence-electron chi connectivity index (χ0n) is 13.4. The molecule has 2 saturated carbocycles. The molecule has 5 nitrogen and oxygen atoms in total. The molecule has 0 spiro atoms. The molecule has 2 fully saturated rings. The van der Waals surface area contributed by atoms with Crippen LogP contribution in [0.1, 0.15) is 55.8 Å². The third kappa shape index (κ3) is 4.32. The number of hydrogen-bond acceptors (Lipinski definition) is 3. The zero-order chi connectivity index (χ0) is 16.4. The van der Waals surface area contributed by atoms with Gasteiger partial charge in [-0.2, -0.15) is 0 Å². The second-order valence-electron chi connectivity index (χ2n) is 6.87. The van der Waals surface area contributed by atoms with Gasteiger partial charge in [-0.25, -0.2) is 13.1 Å². The Balaban J connectivity index is 1.70. The average Bonchev–Trinajstić information content (AvgIpc) is 3.31. The van der Waals surface area contributed by atoms with Crippen molar-refractivity contribution in [3.8, 4) is 0 Å². The Morgan fingerprint density at radius 3 is 2.61 bits per heavy atom. The number of nitrogens with one attached hydrogen (secondary N) is 2. The maximum absolute atomic E-state index is 12.4. The Hall–Kier alpha value is -1.40. The van der Waals surface area contributed by atoms with Gasteiger partial charge in [0.05, 0.1) is 4.90 Å². The van der Waals surface area contributed by atoms with E-state index < -0.39 is 10.0 Å². The van der Waals surface area contributed by atoms with Crippen molar-refractivity contribution in [2.45, 2.75) is 62.4 Å². The molecule has 2 N–H and O–H groups in total. The Labute approximate surface area is 137 Å². The van der Waals surface area contributed by atoms with E-state index in [2.05, 4.69) is 17.0 Å². The number of amides is 1. The molecule has 6 heteroatoms. The summed E-state index contributed by atoms with van der Waals surface area (Å²) in [5.74, 6) is 0.441. The van der Waals surface area contributed by atoms with Gasteiger partial charge in [-0.3, -0.25) is 4.79 Å². The van der Waals surface area contributed by atoms with E-state index in [1.165, 1.54) is 18.6 Å². The molecule has 2 unspecified atom stereocenters. The van der Waals surface area contributed by atoms with Crippen LogP contribution in [0, 0.1) is 5.92 Å². The fourth-order valence-corrected chi connectivity index (χ4v) is 4.48. The van der Waals surface area contributed by atoms with Crippen LogP contribution in [0.2, 0.25) is 0 Å². The Bertz CT molecular complexity index is 683. The lowest BCUT2D eigenvalue weighted by atomic mass is 9.87. The third-order valence-electron chi connectivity index (χ3n) is 4.58. The van der Waals surface area contributed by atoms with Crippen molar-refractivity contribution in [3.05, 3.63) is 29.8 Å². The first-order valence-electron chi connectivity index (χ1n) is 8.37. The van der Waals surface area contributed by atoms with E-state index in [-0.39, 0.29) is 22.9 Å². The normalized spacial score (nSPS) is 25.1. The van der Waals surface area contributed by atoms with Crippen molar-refractivity contribution < 1.29 is 13.2 Å². The van der Waals surface area contributed by atoms with Gasteiger partial charge in [0, 0.05) is 17.6 Å². The predicted molar refractivity (Wildman–Crippen MR) is 88.7 cm³/mol. The molecule has 0 aliphatic heterocycles. The smallest absolute Gasteiger partial charge is 0.251 e. The largest absolute Gasteiger partial charge is 0.349 e. The molecule has 2 aliphatic carbocycles. The summed E-state index contributed by atoms with van der Waals surface area (Å²) < 4.78 is 27.1. The van der Waals surface area contributed by atoms with Gasteiger partial charge < -0.3 is 5.32 Å². The van der Waals surface area contributed by atoms with Gasteiger partial charge >= 0.3 is 0 Å². The highest BCUT2D eigenvalue weighted by Crippen LogP contribution is 2.24. The van der Waals surface area contributed by atoms with Crippen molar-refractivity contribution in [2.24, 2.45) is 5.92 Å². The molecule has 1 aromatic rings. The Morgan fingerprint density at radius 2 is 1.91 bits per heavy atom. The first-order valence-corrected chi connectivity index (χ1v) is 9.85. The highest BCUT2D eigenvalue weighted by atomic mass is 32.2. The van der Waals surface area contributed by atoms with Crippen molar-refractivity contribution in [1.82, 2.24) is 10.0 Å². The fraction of sp³-hybridized carbons (Fsp3) is 0.588. The van der Waals surface area contributed by atoms with Gasteiger partial charge in [-0.1, -0.05) is 25.8 Å². The van der Waals surface area contributed by atoms with E-state index in [4.69, 9.17) is 0 Å². The minimum Gasteiger partial charge on any atom is -0.349 e. The molecule has 3 rings (SSSR count). The quantitative estimate of drug-likeness (QED) is 0.867. The fourth-order valence-electron chi connectivity index (χ4n) is 3.13. The number of sulfonamides is 1. The van der Waals surface area contributed by atoms with Gasteiger partial charge in [0.15, 0.2) is 0 Å². The first-order chi connectivity index (χ1) is 10.9. The molecule has 2 atom stereocenters. The average molecular weight is 336 g/mol.